The molecule has 8 nitrogen and oxygen atoms in total. The molecule has 2 aliphatic heterocycles. The van der Waals surface area contributed by atoms with Crippen molar-refractivity contribution in [2.24, 2.45) is 23.7 Å². The van der Waals surface area contributed by atoms with Crippen LogP contribution in [0.15, 0.2) is 30.4 Å². The average Bonchev–Trinajstić information content (AvgIpc) is 3.36. The first-order chi connectivity index (χ1) is 13.1. The van der Waals surface area contributed by atoms with E-state index in [-0.39, 0.29) is 41.2 Å². The summed E-state index contributed by atoms with van der Waals surface area (Å²) in [6.45, 7) is 2.17. The van der Waals surface area contributed by atoms with Gasteiger partial charge in [0, 0.05) is 19.2 Å². The van der Waals surface area contributed by atoms with Crippen molar-refractivity contribution >= 4 is 28.9 Å². The molecule has 4 atom stereocenters. The largest absolute Gasteiger partial charge is 0.378 e. The Morgan fingerprint density at radius 1 is 1.04 bits per heavy atom. The summed E-state index contributed by atoms with van der Waals surface area (Å²) < 4.78 is 5.31. The van der Waals surface area contributed by atoms with E-state index in [0.717, 1.165) is 11.3 Å². The molecule has 1 aromatic rings. The molecule has 0 spiro atoms. The standard InChI is InChI=1S/C19H19N3O5/c23-18-16-11-1-2-12(9-11)17(16)19(24)21(18)13-3-4-14(15(10-13)22(25)26)20-5-7-27-8-6-20/h1-4,10-12,16-17H,5-9H2/t11-,12-,16-,17-/m0/s1. The van der Waals surface area contributed by atoms with Crippen molar-refractivity contribution in [1.82, 2.24) is 0 Å². The zero-order chi connectivity index (χ0) is 18.7. The van der Waals surface area contributed by atoms with Crippen LogP contribution in [0.25, 0.3) is 0 Å². The number of imide groups is 1. The van der Waals surface area contributed by atoms with E-state index in [9.17, 15) is 19.7 Å². The number of fused-ring (bicyclic) bond motifs is 5. The highest BCUT2D eigenvalue weighted by Crippen LogP contribution is 2.53. The molecular weight excluding hydrogens is 350 g/mol. The van der Waals surface area contributed by atoms with Crippen LogP contribution in [0.4, 0.5) is 17.1 Å². The van der Waals surface area contributed by atoms with Gasteiger partial charge in [-0.05, 0) is 30.4 Å². The Labute approximate surface area is 155 Å². The second kappa shape index (κ2) is 5.88. The van der Waals surface area contributed by atoms with Crippen molar-refractivity contribution in [2.45, 2.75) is 6.42 Å². The Bertz CT molecular complexity index is 846. The number of allylic oxidation sites excluding steroid dienone is 2. The van der Waals surface area contributed by atoms with Gasteiger partial charge in [-0.2, -0.15) is 0 Å². The number of benzene rings is 1. The fourth-order valence-corrected chi connectivity index (χ4v) is 5.03. The molecule has 2 aliphatic carbocycles. The summed E-state index contributed by atoms with van der Waals surface area (Å²) in [7, 11) is 0. The minimum Gasteiger partial charge on any atom is -0.378 e. The van der Waals surface area contributed by atoms with Gasteiger partial charge in [0.25, 0.3) is 5.69 Å². The molecule has 0 radical (unpaired) electrons. The van der Waals surface area contributed by atoms with Gasteiger partial charge in [0.1, 0.15) is 5.69 Å². The van der Waals surface area contributed by atoms with Crippen LogP contribution >= 0.6 is 0 Å². The van der Waals surface area contributed by atoms with E-state index >= 15 is 0 Å². The van der Waals surface area contributed by atoms with Crippen LogP contribution < -0.4 is 9.80 Å². The molecule has 5 rings (SSSR count). The summed E-state index contributed by atoms with van der Waals surface area (Å²) in [6, 6.07) is 4.64. The van der Waals surface area contributed by atoms with Crippen LogP contribution in [0, 0.1) is 33.8 Å². The maximum absolute atomic E-state index is 12.9. The van der Waals surface area contributed by atoms with Crippen molar-refractivity contribution in [1.29, 1.82) is 0 Å². The molecule has 2 heterocycles. The number of nitro groups is 1. The highest BCUT2D eigenvalue weighted by Gasteiger charge is 2.59. The van der Waals surface area contributed by atoms with Crippen molar-refractivity contribution in [3.8, 4) is 0 Å². The first-order valence-electron chi connectivity index (χ1n) is 9.23. The SMILES string of the molecule is O=C1[C@@H]2[C@@H](C(=O)N1c1ccc(N3CCOCC3)c([N+](=O)[O-])c1)[C@H]1C=C[C@H]2C1. The third-order valence-electron chi connectivity index (χ3n) is 6.24. The number of carbonyl (C=O) groups is 2. The smallest absolute Gasteiger partial charge is 0.294 e. The molecule has 1 saturated carbocycles. The van der Waals surface area contributed by atoms with Crippen LogP contribution in [0.5, 0.6) is 0 Å². The lowest BCUT2D eigenvalue weighted by atomic mass is 9.85. The second-order valence-electron chi connectivity index (χ2n) is 7.54. The minimum atomic E-state index is -0.453. The number of anilines is 2. The quantitative estimate of drug-likeness (QED) is 0.349. The summed E-state index contributed by atoms with van der Waals surface area (Å²) in [5.74, 6) is -0.852. The number of morpholine rings is 1. The summed E-state index contributed by atoms with van der Waals surface area (Å²) >= 11 is 0. The lowest BCUT2D eigenvalue weighted by molar-refractivity contribution is -0.384. The Morgan fingerprint density at radius 3 is 2.26 bits per heavy atom. The van der Waals surface area contributed by atoms with E-state index in [4.69, 9.17) is 4.74 Å². The molecule has 140 valence electrons. The number of rotatable bonds is 3. The Morgan fingerprint density at radius 2 is 1.67 bits per heavy atom. The average molecular weight is 369 g/mol. The van der Waals surface area contributed by atoms with E-state index in [0.29, 0.717) is 37.7 Å². The molecule has 27 heavy (non-hydrogen) atoms. The number of nitrogens with zero attached hydrogens (tertiary/aromatic N) is 3. The van der Waals surface area contributed by atoms with E-state index in [2.05, 4.69) is 0 Å². The predicted molar refractivity (Wildman–Crippen MR) is 96.3 cm³/mol. The molecule has 2 saturated heterocycles. The fourth-order valence-electron chi connectivity index (χ4n) is 5.03. The van der Waals surface area contributed by atoms with E-state index in [1.807, 2.05) is 17.1 Å². The van der Waals surface area contributed by atoms with Gasteiger partial charge in [-0.1, -0.05) is 12.2 Å². The predicted octanol–water partition coefficient (Wildman–Crippen LogP) is 1.74. The van der Waals surface area contributed by atoms with Gasteiger partial charge in [-0.15, -0.1) is 0 Å². The van der Waals surface area contributed by atoms with Gasteiger partial charge in [0.15, 0.2) is 0 Å². The Hall–Kier alpha value is -2.74. The van der Waals surface area contributed by atoms with Gasteiger partial charge in [-0.25, -0.2) is 4.90 Å². The molecular formula is C19H19N3O5. The highest BCUT2D eigenvalue weighted by atomic mass is 16.6. The van der Waals surface area contributed by atoms with Gasteiger partial charge in [0.05, 0.1) is 35.7 Å². The highest BCUT2D eigenvalue weighted by molar-refractivity contribution is 6.23. The van der Waals surface area contributed by atoms with Gasteiger partial charge in [0.2, 0.25) is 11.8 Å². The van der Waals surface area contributed by atoms with E-state index in [1.165, 1.54) is 6.07 Å². The zero-order valence-corrected chi connectivity index (χ0v) is 14.6. The lowest BCUT2D eigenvalue weighted by Crippen LogP contribution is -2.37. The number of nitro benzene ring substituents is 1. The molecule has 0 unspecified atom stereocenters. The molecule has 8 heteroatoms. The molecule has 0 aromatic heterocycles. The van der Waals surface area contributed by atoms with Crippen molar-refractivity contribution in [3.63, 3.8) is 0 Å². The number of ether oxygens (including phenoxy) is 1. The summed E-state index contributed by atoms with van der Waals surface area (Å²) in [5, 5.41) is 11.7. The van der Waals surface area contributed by atoms with Crippen LogP contribution in [0.1, 0.15) is 6.42 Å². The van der Waals surface area contributed by atoms with E-state index < -0.39 is 4.92 Å². The monoisotopic (exact) mass is 369 g/mol. The topological polar surface area (TPSA) is 93.0 Å². The summed E-state index contributed by atoms with van der Waals surface area (Å²) in [6.07, 6.45) is 4.92. The second-order valence-corrected chi connectivity index (χ2v) is 7.54. The third-order valence-corrected chi connectivity index (χ3v) is 6.24. The molecule has 2 bridgehead atoms. The number of amides is 2. The first kappa shape index (κ1) is 16.4. The van der Waals surface area contributed by atoms with Crippen molar-refractivity contribution in [2.75, 3.05) is 36.1 Å². The number of hydrogen-bond donors (Lipinski definition) is 0. The first-order valence-corrected chi connectivity index (χ1v) is 9.23. The van der Waals surface area contributed by atoms with Gasteiger partial charge >= 0.3 is 0 Å². The van der Waals surface area contributed by atoms with Gasteiger partial charge in [-0.3, -0.25) is 19.7 Å². The maximum atomic E-state index is 12.9. The number of hydrogen-bond acceptors (Lipinski definition) is 6. The number of carbonyl (C=O) groups excluding carboxylic acids is 2. The Kier molecular flexibility index (Phi) is 3.58. The van der Waals surface area contributed by atoms with Crippen LogP contribution in [0.3, 0.4) is 0 Å². The lowest BCUT2D eigenvalue weighted by Gasteiger charge is -2.29. The fraction of sp³-hybridized carbons (Fsp3) is 0.474. The summed E-state index contributed by atoms with van der Waals surface area (Å²) in [5.41, 5.74) is 0.698. The van der Waals surface area contributed by atoms with Crippen molar-refractivity contribution < 1.29 is 19.2 Å². The molecule has 1 aromatic carbocycles. The molecule has 3 fully saturated rings. The molecule has 4 aliphatic rings. The van der Waals surface area contributed by atoms with Gasteiger partial charge < -0.3 is 9.64 Å². The molecule has 0 N–H and O–H groups in total. The minimum absolute atomic E-state index is 0.0897. The maximum Gasteiger partial charge on any atom is 0.294 e. The van der Waals surface area contributed by atoms with Crippen LogP contribution in [-0.4, -0.2) is 43.0 Å². The van der Waals surface area contributed by atoms with Crippen LogP contribution in [0.2, 0.25) is 0 Å². The van der Waals surface area contributed by atoms with Crippen molar-refractivity contribution in [3.05, 3.63) is 40.5 Å². The van der Waals surface area contributed by atoms with Crippen LogP contribution in [-0.2, 0) is 14.3 Å². The summed E-state index contributed by atoms with van der Waals surface area (Å²) in [4.78, 5) is 40.1. The Balaban J connectivity index is 1.51. The zero-order valence-electron chi connectivity index (χ0n) is 14.6. The molecule has 2 amide bonds. The van der Waals surface area contributed by atoms with E-state index in [1.54, 1.807) is 12.1 Å². The normalized spacial score (nSPS) is 31.7. The third kappa shape index (κ3) is 2.32.